The number of pyridine rings is 1. The Hall–Kier alpha value is -7.69. The number of anilines is 3. The van der Waals surface area contributed by atoms with Crippen LogP contribution < -0.4 is 4.90 Å². The molecule has 0 aliphatic carbocycles. The van der Waals surface area contributed by atoms with E-state index < -0.39 is 0 Å². The van der Waals surface area contributed by atoms with E-state index in [1.54, 1.807) is 0 Å². The van der Waals surface area contributed by atoms with Crippen molar-refractivity contribution >= 4 is 60.7 Å². The summed E-state index contributed by atoms with van der Waals surface area (Å²) in [6.45, 7) is 0. The van der Waals surface area contributed by atoms with Gasteiger partial charge < -0.3 is 14.0 Å². The van der Waals surface area contributed by atoms with Crippen LogP contribution in [-0.2, 0) is 0 Å². The summed E-state index contributed by atoms with van der Waals surface area (Å²) < 4.78 is 4.71. The van der Waals surface area contributed by atoms with E-state index in [-0.39, 0.29) is 0 Å². The first-order chi connectivity index (χ1) is 28.3. The van der Waals surface area contributed by atoms with Crippen LogP contribution in [0.25, 0.3) is 77.2 Å². The molecule has 0 amide bonds. The van der Waals surface area contributed by atoms with Crippen molar-refractivity contribution in [1.82, 2.24) is 14.1 Å². The Balaban J connectivity index is 1.05. The Morgan fingerprint density at radius 3 is 1.30 bits per heavy atom. The molecule has 8 aromatic carbocycles. The maximum Gasteiger partial charge on any atom is 0.0645 e. The number of hydrogen-bond acceptors (Lipinski definition) is 2. The summed E-state index contributed by atoms with van der Waals surface area (Å²) >= 11 is 0. The van der Waals surface area contributed by atoms with Gasteiger partial charge in [-0.3, -0.25) is 4.98 Å². The number of benzene rings is 8. The molecule has 0 fully saturated rings. The molecule has 0 unspecified atom stereocenters. The van der Waals surface area contributed by atoms with E-state index in [2.05, 4.69) is 219 Å². The lowest BCUT2D eigenvalue weighted by atomic mass is 9.99. The molecule has 3 heterocycles. The van der Waals surface area contributed by atoms with E-state index in [1.807, 2.05) is 18.5 Å². The number of para-hydroxylation sites is 4. The maximum absolute atomic E-state index is 4.43. The van der Waals surface area contributed by atoms with Gasteiger partial charge in [0, 0.05) is 50.5 Å². The normalized spacial score (nSPS) is 11.5. The SMILES string of the molecule is c1ccc(N(c2ccccc2)c2ccc(-c3ccc4c(c3)c3cc(-c5ccc6c(c5)c5ccccc5n6-c5cccnc5)ccc3n4-c3ccccc3)cc2)cc1. The molecule has 0 aliphatic heterocycles. The van der Waals surface area contributed by atoms with Gasteiger partial charge in [0.1, 0.15) is 0 Å². The summed E-state index contributed by atoms with van der Waals surface area (Å²) in [5.41, 5.74) is 15.0. The van der Waals surface area contributed by atoms with Crippen LogP contribution in [0.2, 0.25) is 0 Å². The van der Waals surface area contributed by atoms with Crippen LogP contribution in [0.5, 0.6) is 0 Å². The monoisotopic (exact) mass is 728 g/mol. The van der Waals surface area contributed by atoms with Gasteiger partial charge in [0.25, 0.3) is 0 Å². The fourth-order valence-corrected chi connectivity index (χ4v) is 8.56. The summed E-state index contributed by atoms with van der Waals surface area (Å²) in [4.78, 5) is 6.73. The molecule has 4 heteroatoms. The standard InChI is InChI=1S/C53H36N4/c1-4-13-41(14-5-1)55(42-15-6-2-7-16-42)44-27-22-37(23-28-44)38-24-29-52-48(33-38)49-35-40(26-31-53(49)56(52)43-17-8-3-9-18-43)39-25-30-51-47(34-39)46-20-10-11-21-50(46)57(51)45-19-12-32-54-36-45/h1-36H. The number of nitrogens with zero attached hydrogens (tertiary/aromatic N) is 4. The lowest BCUT2D eigenvalue weighted by molar-refractivity contribution is 1.14. The van der Waals surface area contributed by atoms with Gasteiger partial charge in [-0.2, -0.15) is 0 Å². The van der Waals surface area contributed by atoms with Crippen LogP contribution in [0.1, 0.15) is 0 Å². The molecule has 0 N–H and O–H groups in total. The third-order valence-electron chi connectivity index (χ3n) is 11.2. The van der Waals surface area contributed by atoms with Gasteiger partial charge in [-0.1, -0.05) is 103 Å². The predicted molar refractivity (Wildman–Crippen MR) is 238 cm³/mol. The van der Waals surface area contributed by atoms with Crippen molar-refractivity contribution in [2.24, 2.45) is 0 Å². The minimum atomic E-state index is 1.06. The molecule has 57 heavy (non-hydrogen) atoms. The van der Waals surface area contributed by atoms with Crippen LogP contribution in [0, 0.1) is 0 Å². The fraction of sp³-hybridized carbons (Fsp3) is 0. The molecule has 0 aliphatic rings. The lowest BCUT2D eigenvalue weighted by Crippen LogP contribution is -2.09. The van der Waals surface area contributed by atoms with Crippen LogP contribution in [0.4, 0.5) is 17.1 Å². The Bertz CT molecular complexity index is 3160. The van der Waals surface area contributed by atoms with Gasteiger partial charge in [0.05, 0.1) is 34.0 Å². The molecule has 0 radical (unpaired) electrons. The Kier molecular flexibility index (Phi) is 7.78. The van der Waals surface area contributed by atoms with Crippen molar-refractivity contribution in [3.63, 3.8) is 0 Å². The van der Waals surface area contributed by atoms with E-state index in [1.165, 1.54) is 65.9 Å². The Morgan fingerprint density at radius 2 is 0.737 bits per heavy atom. The minimum Gasteiger partial charge on any atom is -0.311 e. The predicted octanol–water partition coefficient (Wildman–Crippen LogP) is 14.1. The summed E-state index contributed by atoms with van der Waals surface area (Å²) in [7, 11) is 0. The van der Waals surface area contributed by atoms with Crippen molar-refractivity contribution in [3.8, 4) is 33.6 Å². The van der Waals surface area contributed by atoms with Crippen LogP contribution in [-0.4, -0.2) is 14.1 Å². The second kappa shape index (κ2) is 13.6. The summed E-state index contributed by atoms with van der Waals surface area (Å²) in [6, 6.07) is 74.2. The van der Waals surface area contributed by atoms with Crippen molar-refractivity contribution in [2.45, 2.75) is 0 Å². The molecular formula is C53H36N4. The molecular weight excluding hydrogens is 693 g/mol. The highest BCUT2D eigenvalue weighted by molar-refractivity contribution is 6.13. The maximum atomic E-state index is 4.43. The zero-order chi connectivity index (χ0) is 37.7. The molecule has 11 rings (SSSR count). The fourth-order valence-electron chi connectivity index (χ4n) is 8.56. The quantitative estimate of drug-likeness (QED) is 0.163. The van der Waals surface area contributed by atoms with Crippen molar-refractivity contribution in [3.05, 3.63) is 219 Å². The summed E-state index contributed by atoms with van der Waals surface area (Å²) in [5, 5.41) is 4.90. The van der Waals surface area contributed by atoms with E-state index in [0.29, 0.717) is 0 Å². The van der Waals surface area contributed by atoms with E-state index in [9.17, 15) is 0 Å². The molecule has 0 spiro atoms. The minimum absolute atomic E-state index is 1.06. The summed E-state index contributed by atoms with van der Waals surface area (Å²) in [5.74, 6) is 0. The highest BCUT2D eigenvalue weighted by Crippen LogP contribution is 2.40. The summed E-state index contributed by atoms with van der Waals surface area (Å²) in [6.07, 6.45) is 3.76. The second-order valence-corrected chi connectivity index (χ2v) is 14.5. The van der Waals surface area contributed by atoms with Crippen LogP contribution >= 0.6 is 0 Å². The first-order valence-electron chi connectivity index (χ1n) is 19.4. The molecule has 0 saturated carbocycles. The van der Waals surface area contributed by atoms with E-state index in [0.717, 1.165) is 28.4 Å². The number of rotatable bonds is 7. The highest BCUT2D eigenvalue weighted by atomic mass is 15.1. The lowest BCUT2D eigenvalue weighted by Gasteiger charge is -2.25. The zero-order valence-corrected chi connectivity index (χ0v) is 31.1. The number of fused-ring (bicyclic) bond motifs is 6. The number of aromatic nitrogens is 3. The first-order valence-corrected chi connectivity index (χ1v) is 19.4. The molecule has 0 atom stereocenters. The molecule has 11 aromatic rings. The van der Waals surface area contributed by atoms with Crippen molar-refractivity contribution in [2.75, 3.05) is 4.90 Å². The average Bonchev–Trinajstić information content (AvgIpc) is 3.80. The molecule has 0 saturated heterocycles. The Labute approximate surface area is 330 Å². The van der Waals surface area contributed by atoms with Crippen LogP contribution in [0.15, 0.2) is 219 Å². The molecule has 268 valence electrons. The van der Waals surface area contributed by atoms with Crippen molar-refractivity contribution in [1.29, 1.82) is 0 Å². The van der Waals surface area contributed by atoms with Gasteiger partial charge in [-0.25, -0.2) is 0 Å². The van der Waals surface area contributed by atoms with Crippen molar-refractivity contribution < 1.29 is 0 Å². The Morgan fingerprint density at radius 1 is 0.316 bits per heavy atom. The number of hydrogen-bond donors (Lipinski definition) is 0. The van der Waals surface area contributed by atoms with Gasteiger partial charge in [0.15, 0.2) is 0 Å². The zero-order valence-electron chi connectivity index (χ0n) is 31.1. The largest absolute Gasteiger partial charge is 0.311 e. The van der Waals surface area contributed by atoms with Gasteiger partial charge in [0.2, 0.25) is 0 Å². The first kappa shape index (κ1) is 32.7. The van der Waals surface area contributed by atoms with E-state index in [4.69, 9.17) is 0 Å². The third-order valence-corrected chi connectivity index (χ3v) is 11.2. The topological polar surface area (TPSA) is 26.0 Å². The van der Waals surface area contributed by atoms with E-state index >= 15 is 0 Å². The van der Waals surface area contributed by atoms with Crippen LogP contribution in [0.3, 0.4) is 0 Å². The van der Waals surface area contributed by atoms with Gasteiger partial charge in [-0.15, -0.1) is 0 Å². The highest BCUT2D eigenvalue weighted by Gasteiger charge is 2.18. The molecule has 3 aromatic heterocycles. The second-order valence-electron chi connectivity index (χ2n) is 14.5. The third kappa shape index (κ3) is 5.58. The molecule has 0 bridgehead atoms. The van der Waals surface area contributed by atoms with Gasteiger partial charge in [-0.05, 0) is 125 Å². The molecule has 4 nitrogen and oxygen atoms in total. The smallest absolute Gasteiger partial charge is 0.0645 e. The average molecular weight is 729 g/mol. The van der Waals surface area contributed by atoms with Gasteiger partial charge >= 0.3 is 0 Å².